The number of nitrogens with one attached hydrogen (secondary N) is 1. The fourth-order valence-electron chi connectivity index (χ4n) is 4.84. The average molecular weight is 616 g/mol. The molecule has 0 atom stereocenters. The van der Waals surface area contributed by atoms with Gasteiger partial charge in [-0.3, -0.25) is 9.52 Å². The lowest BCUT2D eigenvalue weighted by Gasteiger charge is -2.36. The number of anilines is 2. The number of benzene rings is 3. The summed E-state index contributed by atoms with van der Waals surface area (Å²) in [5.74, 6) is -1.92. The van der Waals surface area contributed by atoms with Crippen molar-refractivity contribution in [3.8, 4) is 16.8 Å². The molecule has 3 aromatic carbocycles. The molecule has 10 nitrogen and oxygen atoms in total. The van der Waals surface area contributed by atoms with Crippen LogP contribution in [0.25, 0.3) is 16.8 Å². The molecule has 1 aliphatic rings. The van der Waals surface area contributed by atoms with E-state index in [1.165, 1.54) is 22.6 Å². The molecule has 0 amide bonds. The summed E-state index contributed by atoms with van der Waals surface area (Å²) in [6.45, 7) is 0.787. The van der Waals surface area contributed by atoms with Crippen molar-refractivity contribution in [3.63, 3.8) is 0 Å². The van der Waals surface area contributed by atoms with Crippen molar-refractivity contribution in [2.75, 3.05) is 42.1 Å². The Morgan fingerprint density at radius 2 is 1.52 bits per heavy atom. The summed E-state index contributed by atoms with van der Waals surface area (Å²) in [7, 11) is -7.22. The Hall–Kier alpha value is -4.14. The molecular weight excluding hydrogens is 588 g/mol. The second kappa shape index (κ2) is 11.6. The molecule has 220 valence electrons. The van der Waals surface area contributed by atoms with Crippen LogP contribution in [0.1, 0.15) is 5.56 Å². The number of hydrogen-bond acceptors (Lipinski definition) is 7. The Morgan fingerprint density at radius 3 is 2.17 bits per heavy atom. The third kappa shape index (κ3) is 6.66. The minimum atomic E-state index is -3.62. The summed E-state index contributed by atoms with van der Waals surface area (Å²) < 4.78 is 82.5. The Bertz CT molecular complexity index is 1870. The summed E-state index contributed by atoms with van der Waals surface area (Å²) >= 11 is 0. The first-order chi connectivity index (χ1) is 19.9. The average Bonchev–Trinajstić information content (AvgIpc) is 2.92. The van der Waals surface area contributed by atoms with Gasteiger partial charge in [0.2, 0.25) is 20.0 Å². The Labute approximate surface area is 241 Å². The molecule has 14 heteroatoms. The van der Waals surface area contributed by atoms with Crippen LogP contribution in [0.2, 0.25) is 0 Å². The molecule has 0 radical (unpaired) electrons. The predicted octanol–water partition coefficient (Wildman–Crippen LogP) is 3.20. The van der Waals surface area contributed by atoms with Gasteiger partial charge in [-0.15, -0.1) is 0 Å². The van der Waals surface area contributed by atoms with E-state index < -0.39 is 37.2 Å². The van der Waals surface area contributed by atoms with Crippen LogP contribution in [-0.2, 0) is 25.8 Å². The maximum absolute atomic E-state index is 14.0. The molecule has 1 aromatic heterocycles. The van der Waals surface area contributed by atoms with E-state index in [-0.39, 0.29) is 48.9 Å². The first-order valence-corrected chi connectivity index (χ1v) is 16.3. The van der Waals surface area contributed by atoms with Gasteiger partial charge in [-0.05, 0) is 35.4 Å². The second-order valence-corrected chi connectivity index (χ2v) is 13.5. The smallest absolute Gasteiger partial charge is 0.281 e. The molecule has 5 rings (SSSR count). The van der Waals surface area contributed by atoms with Crippen LogP contribution >= 0.6 is 0 Å². The van der Waals surface area contributed by atoms with Gasteiger partial charge in [0.1, 0.15) is 11.6 Å². The molecule has 0 bridgehead atoms. The van der Waals surface area contributed by atoms with E-state index in [1.54, 1.807) is 36.4 Å². The van der Waals surface area contributed by atoms with Crippen LogP contribution in [0.5, 0.6) is 0 Å². The van der Waals surface area contributed by atoms with Gasteiger partial charge >= 0.3 is 0 Å². The number of piperazine rings is 1. The zero-order valence-electron chi connectivity index (χ0n) is 22.4. The van der Waals surface area contributed by atoms with Gasteiger partial charge in [-0.2, -0.15) is 14.1 Å². The quantitative estimate of drug-likeness (QED) is 0.323. The standard InChI is InChI=1S/C28H27F2N5O5S2/c1-41(37,38)32-24-9-5-8-21(14-24)27-26(18-31-35(28(27)36)25-16-22(29)15-23(30)17-25)33-10-12-34(13-11-33)42(39,40)19-20-6-3-2-4-7-20/h2-9,14-18,32H,10-13,19H2,1H3. The predicted molar refractivity (Wildman–Crippen MR) is 157 cm³/mol. The monoisotopic (exact) mass is 615 g/mol. The van der Waals surface area contributed by atoms with Gasteiger partial charge in [0.25, 0.3) is 5.56 Å². The Kier molecular flexibility index (Phi) is 8.12. The lowest BCUT2D eigenvalue weighted by Crippen LogP contribution is -2.49. The highest BCUT2D eigenvalue weighted by Gasteiger charge is 2.29. The summed E-state index contributed by atoms with van der Waals surface area (Å²) in [5.41, 5.74) is 0.845. The molecule has 1 saturated heterocycles. The van der Waals surface area contributed by atoms with Gasteiger partial charge in [-0.1, -0.05) is 42.5 Å². The number of hydrogen-bond donors (Lipinski definition) is 1. The van der Waals surface area contributed by atoms with Crippen molar-refractivity contribution in [1.29, 1.82) is 0 Å². The Balaban J connectivity index is 1.52. The molecule has 1 aliphatic heterocycles. The highest BCUT2D eigenvalue weighted by Crippen LogP contribution is 2.31. The van der Waals surface area contributed by atoms with Crippen molar-refractivity contribution in [2.24, 2.45) is 0 Å². The van der Waals surface area contributed by atoms with Crippen molar-refractivity contribution < 1.29 is 25.6 Å². The van der Waals surface area contributed by atoms with Crippen molar-refractivity contribution >= 4 is 31.4 Å². The normalized spacial score (nSPS) is 14.6. The van der Waals surface area contributed by atoms with E-state index >= 15 is 0 Å². The largest absolute Gasteiger partial charge is 0.367 e. The minimum Gasteiger partial charge on any atom is -0.367 e. The van der Waals surface area contributed by atoms with Gasteiger partial charge in [-0.25, -0.2) is 25.6 Å². The van der Waals surface area contributed by atoms with Crippen LogP contribution in [0.15, 0.2) is 83.8 Å². The molecule has 1 fully saturated rings. The highest BCUT2D eigenvalue weighted by molar-refractivity contribution is 7.92. The minimum absolute atomic E-state index is 0.104. The fraction of sp³-hybridized carbons (Fsp3) is 0.214. The number of aromatic nitrogens is 2. The third-order valence-corrected chi connectivity index (χ3v) is 9.13. The molecule has 0 spiro atoms. The molecule has 0 aliphatic carbocycles. The maximum Gasteiger partial charge on any atom is 0.281 e. The van der Waals surface area contributed by atoms with Crippen LogP contribution in [-0.4, -0.2) is 63.4 Å². The van der Waals surface area contributed by atoms with Crippen LogP contribution in [0.3, 0.4) is 0 Å². The van der Waals surface area contributed by atoms with Gasteiger partial charge in [0.05, 0.1) is 35.1 Å². The molecule has 1 N–H and O–H groups in total. The topological polar surface area (TPSA) is 122 Å². The van der Waals surface area contributed by atoms with Crippen molar-refractivity contribution in [1.82, 2.24) is 14.1 Å². The summed E-state index contributed by atoms with van der Waals surface area (Å²) in [6.07, 6.45) is 2.37. The molecule has 2 heterocycles. The number of nitrogens with zero attached hydrogens (tertiary/aromatic N) is 4. The first-order valence-electron chi connectivity index (χ1n) is 12.8. The highest BCUT2D eigenvalue weighted by atomic mass is 32.2. The fourth-order valence-corrected chi connectivity index (χ4v) is 6.91. The second-order valence-electron chi connectivity index (χ2n) is 9.83. The van der Waals surface area contributed by atoms with Crippen molar-refractivity contribution in [2.45, 2.75) is 5.75 Å². The lowest BCUT2D eigenvalue weighted by molar-refractivity contribution is 0.384. The third-order valence-electron chi connectivity index (χ3n) is 6.67. The van der Waals surface area contributed by atoms with Crippen molar-refractivity contribution in [3.05, 3.63) is 107 Å². The van der Waals surface area contributed by atoms with Gasteiger partial charge in [0, 0.05) is 37.9 Å². The van der Waals surface area contributed by atoms with E-state index in [2.05, 4.69) is 9.82 Å². The van der Waals surface area contributed by atoms with E-state index in [1.807, 2.05) is 11.0 Å². The summed E-state index contributed by atoms with van der Waals surface area (Å²) in [5, 5.41) is 4.18. The van der Waals surface area contributed by atoms with Crippen LogP contribution < -0.4 is 15.2 Å². The Morgan fingerprint density at radius 1 is 0.857 bits per heavy atom. The number of halogens is 2. The molecule has 0 unspecified atom stereocenters. The maximum atomic E-state index is 14.0. The zero-order valence-corrected chi connectivity index (χ0v) is 24.1. The SMILES string of the molecule is CS(=O)(=O)Nc1cccc(-c2c(N3CCN(S(=O)(=O)Cc4ccccc4)CC3)cnn(-c3cc(F)cc(F)c3)c2=O)c1. The number of rotatable bonds is 8. The molecule has 0 saturated carbocycles. The van der Waals surface area contributed by atoms with Gasteiger partial charge in [0.15, 0.2) is 0 Å². The lowest BCUT2D eigenvalue weighted by atomic mass is 10.0. The van der Waals surface area contributed by atoms with Gasteiger partial charge < -0.3 is 4.90 Å². The first kappa shape index (κ1) is 29.4. The summed E-state index contributed by atoms with van der Waals surface area (Å²) in [4.78, 5) is 15.7. The molecule has 42 heavy (non-hydrogen) atoms. The molecule has 4 aromatic rings. The van der Waals surface area contributed by atoms with E-state index in [9.17, 15) is 30.4 Å². The summed E-state index contributed by atoms with van der Waals surface area (Å²) in [6, 6.07) is 17.6. The van der Waals surface area contributed by atoms with E-state index in [0.29, 0.717) is 22.9 Å². The molecular formula is C28H27F2N5O5S2. The van der Waals surface area contributed by atoms with E-state index in [4.69, 9.17) is 0 Å². The van der Waals surface area contributed by atoms with Crippen LogP contribution in [0, 0.1) is 11.6 Å². The van der Waals surface area contributed by atoms with Crippen LogP contribution in [0.4, 0.5) is 20.2 Å². The number of sulfonamides is 2. The zero-order chi connectivity index (χ0) is 30.1. The van der Waals surface area contributed by atoms with E-state index in [0.717, 1.165) is 23.1 Å².